The lowest BCUT2D eigenvalue weighted by atomic mass is 10.3. The third-order valence-corrected chi connectivity index (χ3v) is 4.42. The topological polar surface area (TPSA) is 54.2 Å². The van der Waals surface area contributed by atoms with Crippen molar-refractivity contribution in [1.82, 2.24) is 15.0 Å². The molecule has 1 atom stereocenters. The molecule has 5 nitrogen and oxygen atoms in total. The van der Waals surface area contributed by atoms with Crippen LogP contribution in [0.2, 0.25) is 0 Å². The highest BCUT2D eigenvalue weighted by molar-refractivity contribution is 7.99. The van der Waals surface area contributed by atoms with Crippen molar-refractivity contribution in [3.8, 4) is 0 Å². The SMILES string of the molecule is CN1CCSCC1c1noc(CNc2ccccc2)n1. The number of nitrogens with zero attached hydrogens (tertiary/aromatic N) is 3. The molecular weight excluding hydrogens is 272 g/mol. The Kier molecular flexibility index (Phi) is 4.22. The Bertz CT molecular complexity index is 545. The molecule has 0 bridgehead atoms. The van der Waals surface area contributed by atoms with E-state index in [-0.39, 0.29) is 6.04 Å². The lowest BCUT2D eigenvalue weighted by Gasteiger charge is -2.29. The predicted molar refractivity (Wildman–Crippen MR) is 80.8 cm³/mol. The summed E-state index contributed by atoms with van der Waals surface area (Å²) in [5, 5.41) is 7.39. The molecule has 0 saturated carbocycles. The maximum Gasteiger partial charge on any atom is 0.245 e. The third kappa shape index (κ3) is 3.13. The van der Waals surface area contributed by atoms with Gasteiger partial charge < -0.3 is 9.84 Å². The summed E-state index contributed by atoms with van der Waals surface area (Å²) in [6.45, 7) is 1.63. The fourth-order valence-electron chi connectivity index (χ4n) is 2.17. The molecular formula is C14H18N4OS. The molecule has 1 N–H and O–H groups in total. The van der Waals surface area contributed by atoms with Crippen molar-refractivity contribution in [2.45, 2.75) is 12.6 Å². The van der Waals surface area contributed by atoms with Gasteiger partial charge in [-0.1, -0.05) is 23.4 Å². The van der Waals surface area contributed by atoms with Gasteiger partial charge in [-0.25, -0.2) is 0 Å². The van der Waals surface area contributed by atoms with E-state index in [2.05, 4.69) is 27.4 Å². The van der Waals surface area contributed by atoms with E-state index in [9.17, 15) is 0 Å². The van der Waals surface area contributed by atoms with Crippen LogP contribution in [-0.2, 0) is 6.54 Å². The Morgan fingerprint density at radius 3 is 3.05 bits per heavy atom. The van der Waals surface area contributed by atoms with Crippen LogP contribution in [0.4, 0.5) is 5.69 Å². The molecule has 0 aliphatic carbocycles. The molecule has 1 aliphatic rings. The number of rotatable bonds is 4. The van der Waals surface area contributed by atoms with Crippen LogP contribution in [0, 0.1) is 0 Å². The van der Waals surface area contributed by atoms with Gasteiger partial charge in [0.05, 0.1) is 12.6 Å². The first-order chi connectivity index (χ1) is 9.83. The molecule has 0 spiro atoms. The van der Waals surface area contributed by atoms with E-state index >= 15 is 0 Å². The van der Waals surface area contributed by atoms with E-state index in [1.54, 1.807) is 0 Å². The van der Waals surface area contributed by atoms with Crippen molar-refractivity contribution in [2.75, 3.05) is 30.4 Å². The average Bonchev–Trinajstić information content (AvgIpc) is 2.95. The van der Waals surface area contributed by atoms with Gasteiger partial charge in [0.25, 0.3) is 0 Å². The van der Waals surface area contributed by atoms with Gasteiger partial charge in [0, 0.05) is 23.7 Å². The van der Waals surface area contributed by atoms with E-state index < -0.39 is 0 Å². The lowest BCUT2D eigenvalue weighted by molar-refractivity contribution is 0.256. The highest BCUT2D eigenvalue weighted by Gasteiger charge is 2.25. The summed E-state index contributed by atoms with van der Waals surface area (Å²) < 4.78 is 5.33. The number of para-hydroxylation sites is 1. The van der Waals surface area contributed by atoms with Crippen LogP contribution in [0.3, 0.4) is 0 Å². The smallest absolute Gasteiger partial charge is 0.245 e. The van der Waals surface area contributed by atoms with Crippen LogP contribution in [0.1, 0.15) is 17.8 Å². The summed E-state index contributed by atoms with van der Waals surface area (Å²) in [5.74, 6) is 3.63. The molecule has 106 valence electrons. The molecule has 2 aromatic rings. The second-order valence-electron chi connectivity index (χ2n) is 4.84. The molecule has 0 radical (unpaired) electrons. The second-order valence-corrected chi connectivity index (χ2v) is 5.99. The van der Waals surface area contributed by atoms with Crippen LogP contribution in [0.15, 0.2) is 34.9 Å². The van der Waals surface area contributed by atoms with Gasteiger partial charge in [-0.05, 0) is 19.2 Å². The molecule has 1 aromatic carbocycles. The number of hydrogen-bond acceptors (Lipinski definition) is 6. The molecule has 3 rings (SSSR count). The number of hydrogen-bond donors (Lipinski definition) is 1. The molecule has 1 unspecified atom stereocenters. The Labute approximate surface area is 122 Å². The summed E-state index contributed by atoms with van der Waals surface area (Å²) in [7, 11) is 2.11. The molecule has 1 fully saturated rings. The fourth-order valence-corrected chi connectivity index (χ4v) is 3.38. The van der Waals surface area contributed by atoms with Crippen LogP contribution >= 0.6 is 11.8 Å². The van der Waals surface area contributed by atoms with E-state index in [4.69, 9.17) is 4.52 Å². The number of aromatic nitrogens is 2. The van der Waals surface area contributed by atoms with E-state index in [0.717, 1.165) is 23.8 Å². The summed E-state index contributed by atoms with van der Waals surface area (Å²) >= 11 is 1.94. The van der Waals surface area contributed by atoms with E-state index in [0.29, 0.717) is 12.4 Å². The molecule has 1 saturated heterocycles. The molecule has 1 aliphatic heterocycles. The molecule has 2 heterocycles. The van der Waals surface area contributed by atoms with Crippen LogP contribution in [-0.4, -0.2) is 40.1 Å². The second kappa shape index (κ2) is 6.28. The highest BCUT2D eigenvalue weighted by atomic mass is 32.2. The maximum absolute atomic E-state index is 5.33. The Morgan fingerprint density at radius 1 is 1.40 bits per heavy atom. The van der Waals surface area contributed by atoms with Crippen molar-refractivity contribution >= 4 is 17.4 Å². The van der Waals surface area contributed by atoms with Crippen molar-refractivity contribution in [2.24, 2.45) is 0 Å². The van der Waals surface area contributed by atoms with Crippen LogP contribution in [0.25, 0.3) is 0 Å². The largest absolute Gasteiger partial charge is 0.376 e. The number of nitrogens with one attached hydrogen (secondary N) is 1. The zero-order chi connectivity index (χ0) is 13.8. The maximum atomic E-state index is 5.33. The summed E-state index contributed by atoms with van der Waals surface area (Å²) in [4.78, 5) is 6.79. The normalized spacial score (nSPS) is 19.9. The average molecular weight is 290 g/mol. The zero-order valence-corrected chi connectivity index (χ0v) is 12.3. The number of thioether (sulfide) groups is 1. The number of benzene rings is 1. The zero-order valence-electron chi connectivity index (χ0n) is 11.5. The van der Waals surface area contributed by atoms with Crippen LogP contribution in [0.5, 0.6) is 0 Å². The standard InChI is InChI=1S/C14H18N4OS/c1-18-7-8-20-10-12(18)14-16-13(19-17-14)9-15-11-5-3-2-4-6-11/h2-6,12,15H,7-10H2,1H3. The predicted octanol–water partition coefficient (Wildman–Crippen LogP) is 2.40. The Hall–Kier alpha value is -1.53. The molecule has 0 amide bonds. The Morgan fingerprint density at radius 2 is 2.25 bits per heavy atom. The third-order valence-electron chi connectivity index (χ3n) is 3.40. The van der Waals surface area contributed by atoms with E-state index in [1.807, 2.05) is 42.1 Å². The van der Waals surface area contributed by atoms with Gasteiger partial charge in [0.2, 0.25) is 5.89 Å². The quantitative estimate of drug-likeness (QED) is 0.933. The first-order valence-corrected chi connectivity index (χ1v) is 7.88. The molecule has 6 heteroatoms. The minimum atomic E-state index is 0.267. The van der Waals surface area contributed by atoms with Crippen LogP contribution < -0.4 is 5.32 Å². The van der Waals surface area contributed by atoms with E-state index in [1.165, 1.54) is 5.75 Å². The minimum Gasteiger partial charge on any atom is -0.376 e. The van der Waals surface area contributed by atoms with Gasteiger partial charge in [0.15, 0.2) is 5.82 Å². The monoisotopic (exact) mass is 290 g/mol. The molecule has 1 aromatic heterocycles. The van der Waals surface area contributed by atoms with Gasteiger partial charge in [0.1, 0.15) is 0 Å². The van der Waals surface area contributed by atoms with Crippen molar-refractivity contribution in [3.63, 3.8) is 0 Å². The lowest BCUT2D eigenvalue weighted by Crippen LogP contribution is -2.33. The summed E-state index contributed by atoms with van der Waals surface area (Å²) in [6.07, 6.45) is 0. The van der Waals surface area contributed by atoms with Gasteiger partial charge in [-0.3, -0.25) is 4.90 Å². The van der Waals surface area contributed by atoms with Gasteiger partial charge in [-0.15, -0.1) is 0 Å². The summed E-state index contributed by atoms with van der Waals surface area (Å²) in [5.41, 5.74) is 1.05. The highest BCUT2D eigenvalue weighted by Crippen LogP contribution is 2.26. The van der Waals surface area contributed by atoms with Crippen molar-refractivity contribution < 1.29 is 4.52 Å². The summed E-state index contributed by atoms with van der Waals surface area (Å²) in [6, 6.07) is 10.3. The molecule has 20 heavy (non-hydrogen) atoms. The fraction of sp³-hybridized carbons (Fsp3) is 0.429. The van der Waals surface area contributed by atoms with Crippen molar-refractivity contribution in [1.29, 1.82) is 0 Å². The van der Waals surface area contributed by atoms with Crippen molar-refractivity contribution in [3.05, 3.63) is 42.0 Å². The number of anilines is 1. The van der Waals surface area contributed by atoms with Gasteiger partial charge >= 0.3 is 0 Å². The first kappa shape index (κ1) is 13.5. The first-order valence-electron chi connectivity index (χ1n) is 6.72. The van der Waals surface area contributed by atoms with Gasteiger partial charge in [-0.2, -0.15) is 16.7 Å². The minimum absolute atomic E-state index is 0.267. The Balaban J connectivity index is 1.62.